The summed E-state index contributed by atoms with van der Waals surface area (Å²) in [4.78, 5) is 10.2. The van der Waals surface area contributed by atoms with Gasteiger partial charge < -0.3 is 9.30 Å². The van der Waals surface area contributed by atoms with E-state index in [1.807, 2.05) is 0 Å². The Bertz CT molecular complexity index is 244. The summed E-state index contributed by atoms with van der Waals surface area (Å²) in [7, 11) is 1.76. The van der Waals surface area contributed by atoms with Gasteiger partial charge in [0.2, 0.25) is 5.88 Å². The summed E-state index contributed by atoms with van der Waals surface area (Å²) in [5.74, 6) is 0.444. The third-order valence-electron chi connectivity index (χ3n) is 1.08. The summed E-state index contributed by atoms with van der Waals surface area (Å²) in [6.07, 6.45) is 1.76. The molecule has 0 aliphatic rings. The van der Waals surface area contributed by atoms with E-state index in [0.29, 0.717) is 5.88 Å². The maximum Gasteiger partial charge on any atom is 0.410 e. The molecule has 1 heterocycles. The molecule has 1 aromatic heterocycles. The quantitative estimate of drug-likeness (QED) is 0.585. The summed E-state index contributed by atoms with van der Waals surface area (Å²) in [6, 6.07) is 3.41. The molecular formula is C6H6ClNO2. The fourth-order valence-corrected chi connectivity index (χ4v) is 0.713. The van der Waals surface area contributed by atoms with E-state index in [9.17, 15) is 4.79 Å². The van der Waals surface area contributed by atoms with Crippen LogP contribution in [0.3, 0.4) is 0 Å². The molecule has 4 heteroatoms. The molecule has 0 aliphatic carbocycles. The van der Waals surface area contributed by atoms with Gasteiger partial charge in [-0.3, -0.25) is 0 Å². The number of halogens is 1. The van der Waals surface area contributed by atoms with Crippen molar-refractivity contribution in [1.82, 2.24) is 4.57 Å². The van der Waals surface area contributed by atoms with Crippen molar-refractivity contribution < 1.29 is 9.53 Å². The number of carbonyl (C=O) groups excluding carboxylic acids is 1. The Kier molecular flexibility index (Phi) is 1.97. The van der Waals surface area contributed by atoms with Crippen LogP contribution in [0.2, 0.25) is 0 Å². The van der Waals surface area contributed by atoms with Crippen molar-refractivity contribution in [2.24, 2.45) is 7.05 Å². The number of hydrogen-bond acceptors (Lipinski definition) is 2. The summed E-state index contributed by atoms with van der Waals surface area (Å²) < 4.78 is 6.23. The SMILES string of the molecule is Cn1cccc1OC(=O)Cl. The first-order chi connectivity index (χ1) is 4.70. The number of aromatic nitrogens is 1. The highest BCUT2D eigenvalue weighted by atomic mass is 35.5. The van der Waals surface area contributed by atoms with Crippen molar-refractivity contribution in [1.29, 1.82) is 0 Å². The van der Waals surface area contributed by atoms with Crippen molar-refractivity contribution in [2.75, 3.05) is 0 Å². The zero-order valence-corrected chi connectivity index (χ0v) is 6.13. The van der Waals surface area contributed by atoms with E-state index in [-0.39, 0.29) is 0 Å². The second kappa shape index (κ2) is 2.75. The highest BCUT2D eigenvalue weighted by Gasteiger charge is 2.01. The lowest BCUT2D eigenvalue weighted by Crippen LogP contribution is -2.00. The minimum absolute atomic E-state index is 0.444. The molecule has 0 radical (unpaired) electrons. The number of hydrogen-bond donors (Lipinski definition) is 0. The molecule has 0 amide bonds. The van der Waals surface area contributed by atoms with Crippen LogP contribution in [0.15, 0.2) is 18.3 Å². The van der Waals surface area contributed by atoms with Crippen LogP contribution < -0.4 is 4.74 Å². The molecule has 1 rings (SSSR count). The minimum Gasteiger partial charge on any atom is -0.397 e. The molecule has 0 unspecified atom stereocenters. The van der Waals surface area contributed by atoms with E-state index < -0.39 is 5.43 Å². The molecule has 0 aromatic carbocycles. The molecule has 54 valence electrons. The molecule has 0 N–H and O–H groups in total. The van der Waals surface area contributed by atoms with Gasteiger partial charge in [0.1, 0.15) is 0 Å². The average molecular weight is 160 g/mol. The Hall–Kier alpha value is -0.960. The summed E-state index contributed by atoms with van der Waals surface area (Å²) >= 11 is 4.97. The fourth-order valence-electron chi connectivity index (χ4n) is 0.634. The zero-order valence-electron chi connectivity index (χ0n) is 5.37. The molecule has 0 saturated carbocycles. The first kappa shape index (κ1) is 7.15. The second-order valence-electron chi connectivity index (χ2n) is 1.80. The van der Waals surface area contributed by atoms with Gasteiger partial charge in [-0.05, 0) is 6.07 Å². The van der Waals surface area contributed by atoms with Gasteiger partial charge in [-0.25, -0.2) is 4.79 Å². The van der Waals surface area contributed by atoms with Gasteiger partial charge in [-0.1, -0.05) is 0 Å². The summed E-state index contributed by atoms with van der Waals surface area (Å²) in [6.45, 7) is 0. The normalized spacial score (nSPS) is 9.40. The van der Waals surface area contributed by atoms with Crippen LogP contribution in [0.1, 0.15) is 0 Å². The smallest absolute Gasteiger partial charge is 0.397 e. The van der Waals surface area contributed by atoms with Gasteiger partial charge in [-0.15, -0.1) is 0 Å². The Morgan fingerprint density at radius 1 is 1.80 bits per heavy atom. The maximum atomic E-state index is 10.2. The number of aryl methyl sites for hydroxylation is 1. The number of nitrogens with zero attached hydrogens (tertiary/aromatic N) is 1. The van der Waals surface area contributed by atoms with Crippen LogP contribution in [0.25, 0.3) is 0 Å². The monoisotopic (exact) mass is 159 g/mol. The lowest BCUT2D eigenvalue weighted by molar-refractivity contribution is 0.222. The highest BCUT2D eigenvalue weighted by Crippen LogP contribution is 2.10. The Balaban J connectivity index is 2.74. The lowest BCUT2D eigenvalue weighted by atomic mass is 10.7. The van der Waals surface area contributed by atoms with Gasteiger partial charge >= 0.3 is 5.43 Å². The first-order valence-corrected chi connectivity index (χ1v) is 3.06. The van der Waals surface area contributed by atoms with Crippen LogP contribution in [-0.4, -0.2) is 10.00 Å². The van der Waals surface area contributed by atoms with Crippen molar-refractivity contribution in [3.8, 4) is 5.88 Å². The van der Waals surface area contributed by atoms with Gasteiger partial charge in [0.15, 0.2) is 0 Å². The molecule has 1 aromatic rings. The molecule has 0 fully saturated rings. The van der Waals surface area contributed by atoms with Crippen molar-refractivity contribution in [3.63, 3.8) is 0 Å². The van der Waals surface area contributed by atoms with Gasteiger partial charge in [0, 0.05) is 30.9 Å². The van der Waals surface area contributed by atoms with E-state index in [1.165, 1.54) is 0 Å². The van der Waals surface area contributed by atoms with E-state index >= 15 is 0 Å². The minimum atomic E-state index is -0.818. The van der Waals surface area contributed by atoms with Crippen LogP contribution in [0, 0.1) is 0 Å². The maximum absolute atomic E-state index is 10.2. The molecule has 3 nitrogen and oxygen atoms in total. The molecule has 0 spiro atoms. The third-order valence-corrected chi connectivity index (χ3v) is 1.16. The predicted octanol–water partition coefficient (Wildman–Crippen LogP) is 1.76. The van der Waals surface area contributed by atoms with Gasteiger partial charge in [0.05, 0.1) is 0 Å². The fraction of sp³-hybridized carbons (Fsp3) is 0.167. The molecular weight excluding hydrogens is 154 g/mol. The topological polar surface area (TPSA) is 31.2 Å². The van der Waals surface area contributed by atoms with Crippen LogP contribution in [0.5, 0.6) is 5.88 Å². The number of ether oxygens (including phenoxy) is 1. The van der Waals surface area contributed by atoms with Crippen molar-refractivity contribution >= 4 is 17.0 Å². The molecule has 0 saturated heterocycles. The largest absolute Gasteiger partial charge is 0.410 e. The highest BCUT2D eigenvalue weighted by molar-refractivity contribution is 6.61. The van der Waals surface area contributed by atoms with E-state index in [2.05, 4.69) is 4.74 Å². The Morgan fingerprint density at radius 2 is 2.50 bits per heavy atom. The lowest BCUT2D eigenvalue weighted by Gasteiger charge is -1.98. The van der Waals surface area contributed by atoms with E-state index in [1.54, 1.807) is 29.9 Å². The van der Waals surface area contributed by atoms with E-state index in [0.717, 1.165) is 0 Å². The summed E-state index contributed by atoms with van der Waals surface area (Å²) in [5.41, 5.74) is -0.818. The number of carbonyl (C=O) groups is 1. The van der Waals surface area contributed by atoms with Gasteiger partial charge in [0.25, 0.3) is 0 Å². The average Bonchev–Trinajstić information content (AvgIpc) is 2.15. The first-order valence-electron chi connectivity index (χ1n) is 2.69. The molecule has 10 heavy (non-hydrogen) atoms. The van der Waals surface area contributed by atoms with E-state index in [4.69, 9.17) is 11.6 Å². The molecule has 0 aliphatic heterocycles. The summed E-state index contributed by atoms with van der Waals surface area (Å²) in [5, 5.41) is 0. The zero-order chi connectivity index (χ0) is 7.56. The third kappa shape index (κ3) is 1.51. The van der Waals surface area contributed by atoms with Crippen molar-refractivity contribution in [3.05, 3.63) is 18.3 Å². The van der Waals surface area contributed by atoms with Gasteiger partial charge in [-0.2, -0.15) is 0 Å². The second-order valence-corrected chi connectivity index (χ2v) is 2.11. The van der Waals surface area contributed by atoms with Crippen LogP contribution >= 0.6 is 11.6 Å². The Labute approximate surface area is 63.2 Å². The standard InChI is InChI=1S/C6H6ClNO2/c1-8-4-2-3-5(8)10-6(7)9/h2-4H,1H3. The van der Waals surface area contributed by atoms with Crippen LogP contribution in [0.4, 0.5) is 4.79 Å². The Morgan fingerprint density at radius 3 is 2.90 bits per heavy atom. The van der Waals surface area contributed by atoms with Crippen molar-refractivity contribution in [2.45, 2.75) is 0 Å². The van der Waals surface area contributed by atoms with Crippen LogP contribution in [-0.2, 0) is 7.05 Å². The number of rotatable bonds is 1. The molecule has 0 bridgehead atoms. The predicted molar refractivity (Wildman–Crippen MR) is 37.3 cm³/mol. The molecule has 0 atom stereocenters.